The SMILES string of the molecule is C/C(=N\NC(=O)c1ccc(CSc2ccccc2)cc1)c1ccc2c(c1)OCCO2. The molecule has 1 heterocycles. The highest BCUT2D eigenvalue weighted by Crippen LogP contribution is 2.30. The van der Waals surface area contributed by atoms with Crippen LogP contribution in [0.1, 0.15) is 28.4 Å². The number of amides is 1. The van der Waals surface area contributed by atoms with Crippen LogP contribution >= 0.6 is 11.8 Å². The van der Waals surface area contributed by atoms with Crippen LogP contribution in [-0.2, 0) is 5.75 Å². The van der Waals surface area contributed by atoms with E-state index in [0.29, 0.717) is 30.2 Å². The average Bonchev–Trinajstić information content (AvgIpc) is 2.81. The van der Waals surface area contributed by atoms with Gasteiger partial charge < -0.3 is 9.47 Å². The lowest BCUT2D eigenvalue weighted by Crippen LogP contribution is -2.19. The molecule has 30 heavy (non-hydrogen) atoms. The maximum absolute atomic E-state index is 12.4. The standard InChI is InChI=1S/C24H22N2O3S/c1-17(20-11-12-22-23(15-20)29-14-13-28-22)25-26-24(27)19-9-7-18(8-10-19)16-30-21-5-3-2-4-6-21/h2-12,15H,13-14,16H2,1H3,(H,26,27)/b25-17+. The Labute approximate surface area is 180 Å². The van der Waals surface area contributed by atoms with E-state index < -0.39 is 0 Å². The number of hydrogen-bond acceptors (Lipinski definition) is 5. The van der Waals surface area contributed by atoms with Crippen LogP contribution in [0.15, 0.2) is 82.8 Å². The van der Waals surface area contributed by atoms with Gasteiger partial charge in [-0.25, -0.2) is 5.43 Å². The fourth-order valence-corrected chi connectivity index (χ4v) is 3.84. The van der Waals surface area contributed by atoms with Crippen LogP contribution in [0.4, 0.5) is 0 Å². The van der Waals surface area contributed by atoms with Crippen LogP contribution in [0.2, 0.25) is 0 Å². The molecule has 1 aliphatic rings. The van der Waals surface area contributed by atoms with E-state index in [1.807, 2.05) is 67.6 Å². The number of benzene rings is 3. The third-order valence-corrected chi connectivity index (χ3v) is 5.73. The minimum atomic E-state index is -0.242. The molecule has 0 atom stereocenters. The molecular weight excluding hydrogens is 396 g/mol. The highest BCUT2D eigenvalue weighted by molar-refractivity contribution is 7.98. The number of hydrogen-bond donors (Lipinski definition) is 1. The Morgan fingerprint density at radius 1 is 0.933 bits per heavy atom. The molecule has 0 fully saturated rings. The Morgan fingerprint density at radius 2 is 1.63 bits per heavy atom. The quantitative estimate of drug-likeness (QED) is 0.351. The molecule has 3 aromatic carbocycles. The number of fused-ring (bicyclic) bond motifs is 1. The van der Waals surface area contributed by atoms with E-state index >= 15 is 0 Å². The highest BCUT2D eigenvalue weighted by Gasteiger charge is 2.13. The summed E-state index contributed by atoms with van der Waals surface area (Å²) in [6.45, 7) is 2.93. The Hall–Kier alpha value is -3.25. The van der Waals surface area contributed by atoms with Crippen LogP contribution in [-0.4, -0.2) is 24.8 Å². The van der Waals surface area contributed by atoms with E-state index in [1.165, 1.54) is 4.90 Å². The topological polar surface area (TPSA) is 59.9 Å². The van der Waals surface area contributed by atoms with Crippen molar-refractivity contribution in [1.82, 2.24) is 5.43 Å². The number of carbonyl (C=O) groups is 1. The van der Waals surface area contributed by atoms with E-state index in [4.69, 9.17) is 9.47 Å². The first-order valence-electron chi connectivity index (χ1n) is 9.70. The lowest BCUT2D eigenvalue weighted by atomic mass is 10.1. The molecule has 3 aromatic rings. The van der Waals surface area contributed by atoms with Crippen molar-refractivity contribution < 1.29 is 14.3 Å². The summed E-state index contributed by atoms with van der Waals surface area (Å²) in [6.07, 6.45) is 0. The molecule has 0 aromatic heterocycles. The van der Waals surface area contributed by atoms with Gasteiger partial charge >= 0.3 is 0 Å². The molecule has 0 unspecified atom stereocenters. The minimum absolute atomic E-state index is 0.242. The van der Waals surface area contributed by atoms with Crippen molar-refractivity contribution in [3.8, 4) is 11.5 Å². The van der Waals surface area contributed by atoms with Crippen molar-refractivity contribution in [3.05, 3.63) is 89.5 Å². The molecule has 5 nitrogen and oxygen atoms in total. The maximum Gasteiger partial charge on any atom is 0.271 e. The summed E-state index contributed by atoms with van der Waals surface area (Å²) in [7, 11) is 0. The van der Waals surface area contributed by atoms with Crippen molar-refractivity contribution >= 4 is 23.4 Å². The van der Waals surface area contributed by atoms with E-state index in [2.05, 4.69) is 22.7 Å². The Morgan fingerprint density at radius 3 is 2.40 bits per heavy atom. The zero-order valence-corrected chi connectivity index (χ0v) is 17.4. The first kappa shape index (κ1) is 20.0. The van der Waals surface area contributed by atoms with E-state index in [1.54, 1.807) is 11.8 Å². The first-order valence-corrected chi connectivity index (χ1v) is 10.7. The molecule has 4 rings (SSSR count). The number of hydrazone groups is 1. The Kier molecular flexibility index (Phi) is 6.35. The molecule has 1 amide bonds. The second-order valence-corrected chi connectivity index (χ2v) is 7.84. The molecule has 0 radical (unpaired) electrons. The molecule has 0 aliphatic carbocycles. The van der Waals surface area contributed by atoms with Gasteiger partial charge in [0.05, 0.1) is 5.71 Å². The van der Waals surface area contributed by atoms with Gasteiger partial charge in [-0.1, -0.05) is 30.3 Å². The van der Waals surface area contributed by atoms with Crippen LogP contribution in [0, 0.1) is 0 Å². The molecule has 0 saturated carbocycles. The van der Waals surface area contributed by atoms with Gasteiger partial charge in [-0.05, 0) is 55.0 Å². The van der Waals surface area contributed by atoms with E-state index in [-0.39, 0.29) is 5.91 Å². The molecule has 1 N–H and O–H groups in total. The fraction of sp³-hybridized carbons (Fsp3) is 0.167. The molecule has 0 saturated heterocycles. The summed E-state index contributed by atoms with van der Waals surface area (Å²) in [4.78, 5) is 13.7. The highest BCUT2D eigenvalue weighted by atomic mass is 32.2. The van der Waals surface area contributed by atoms with Crippen molar-refractivity contribution in [2.45, 2.75) is 17.6 Å². The van der Waals surface area contributed by atoms with Crippen LogP contribution in [0.25, 0.3) is 0 Å². The van der Waals surface area contributed by atoms with Gasteiger partial charge in [0.1, 0.15) is 13.2 Å². The zero-order valence-electron chi connectivity index (χ0n) is 16.6. The molecule has 152 valence electrons. The molecule has 0 bridgehead atoms. The fourth-order valence-electron chi connectivity index (χ4n) is 2.97. The average molecular weight is 419 g/mol. The molecule has 0 spiro atoms. The number of nitrogens with one attached hydrogen (secondary N) is 1. The third kappa shape index (κ3) is 5.02. The van der Waals surface area contributed by atoms with Crippen molar-refractivity contribution in [3.63, 3.8) is 0 Å². The van der Waals surface area contributed by atoms with Gasteiger partial charge in [-0.2, -0.15) is 5.10 Å². The monoisotopic (exact) mass is 418 g/mol. The van der Waals surface area contributed by atoms with Gasteiger partial charge in [-0.3, -0.25) is 4.79 Å². The number of nitrogens with zero attached hydrogens (tertiary/aromatic N) is 1. The van der Waals surface area contributed by atoms with Crippen molar-refractivity contribution in [1.29, 1.82) is 0 Å². The van der Waals surface area contributed by atoms with Gasteiger partial charge in [-0.15, -0.1) is 11.8 Å². The van der Waals surface area contributed by atoms with Crippen LogP contribution < -0.4 is 14.9 Å². The van der Waals surface area contributed by atoms with Gasteiger partial charge in [0.25, 0.3) is 5.91 Å². The zero-order chi connectivity index (χ0) is 20.8. The second-order valence-electron chi connectivity index (χ2n) is 6.80. The van der Waals surface area contributed by atoms with Crippen LogP contribution in [0.3, 0.4) is 0 Å². The molecule has 6 heteroatoms. The normalized spacial score (nSPS) is 13.0. The summed E-state index contributed by atoms with van der Waals surface area (Å²) >= 11 is 1.77. The number of rotatable bonds is 6. The summed E-state index contributed by atoms with van der Waals surface area (Å²) in [5, 5.41) is 4.23. The second kappa shape index (κ2) is 9.50. The third-order valence-electron chi connectivity index (χ3n) is 4.65. The number of carbonyl (C=O) groups excluding carboxylic acids is 1. The van der Waals surface area contributed by atoms with E-state index in [9.17, 15) is 4.79 Å². The number of ether oxygens (including phenoxy) is 2. The summed E-state index contributed by atoms with van der Waals surface area (Å²) in [5.41, 5.74) is 5.92. The Balaban J connectivity index is 1.35. The predicted octanol–water partition coefficient (Wildman–Crippen LogP) is 4.90. The summed E-state index contributed by atoms with van der Waals surface area (Å²) < 4.78 is 11.1. The van der Waals surface area contributed by atoms with Gasteiger partial charge in [0.15, 0.2) is 11.5 Å². The lowest BCUT2D eigenvalue weighted by molar-refractivity contribution is 0.0955. The predicted molar refractivity (Wildman–Crippen MR) is 120 cm³/mol. The maximum atomic E-state index is 12.4. The van der Waals surface area contributed by atoms with Crippen molar-refractivity contribution in [2.75, 3.05) is 13.2 Å². The Bertz CT molecular complexity index is 1050. The van der Waals surface area contributed by atoms with Crippen LogP contribution in [0.5, 0.6) is 11.5 Å². The summed E-state index contributed by atoms with van der Waals surface area (Å²) in [5.74, 6) is 2.04. The van der Waals surface area contributed by atoms with Crippen molar-refractivity contribution in [2.24, 2.45) is 5.10 Å². The smallest absolute Gasteiger partial charge is 0.271 e. The lowest BCUT2D eigenvalue weighted by Gasteiger charge is -2.18. The molecule has 1 aliphatic heterocycles. The largest absolute Gasteiger partial charge is 0.486 e. The van der Waals surface area contributed by atoms with Gasteiger partial charge in [0, 0.05) is 21.8 Å². The van der Waals surface area contributed by atoms with E-state index in [0.717, 1.165) is 22.6 Å². The first-order chi connectivity index (χ1) is 14.7. The van der Waals surface area contributed by atoms with Gasteiger partial charge in [0.2, 0.25) is 0 Å². The summed E-state index contributed by atoms with van der Waals surface area (Å²) in [6, 6.07) is 23.5. The number of thioether (sulfide) groups is 1. The minimum Gasteiger partial charge on any atom is -0.486 e. The molecular formula is C24H22N2O3S.